The molecule has 0 spiro atoms. The van der Waals surface area contributed by atoms with Gasteiger partial charge in [0.2, 0.25) is 0 Å². The highest BCUT2D eigenvalue weighted by Gasteiger charge is 2.03. The SMILES string of the molecule is CNc1ccc(NC)c2ncccc12. The second-order valence-electron chi connectivity index (χ2n) is 3.06. The Morgan fingerprint density at radius 2 is 1.71 bits per heavy atom. The van der Waals surface area contributed by atoms with Crippen molar-refractivity contribution in [3.63, 3.8) is 0 Å². The van der Waals surface area contributed by atoms with Gasteiger partial charge in [-0.1, -0.05) is 0 Å². The fourth-order valence-corrected chi connectivity index (χ4v) is 1.59. The molecule has 1 aromatic heterocycles. The molecule has 2 rings (SSSR count). The van der Waals surface area contributed by atoms with E-state index in [9.17, 15) is 0 Å². The van der Waals surface area contributed by atoms with E-state index in [1.807, 2.05) is 32.4 Å². The third kappa shape index (κ3) is 1.27. The minimum Gasteiger partial charge on any atom is -0.388 e. The highest BCUT2D eigenvalue weighted by molar-refractivity contribution is 5.98. The molecule has 0 unspecified atom stereocenters. The molecule has 0 amide bonds. The predicted molar refractivity (Wildman–Crippen MR) is 60.8 cm³/mol. The van der Waals surface area contributed by atoms with Crippen LogP contribution in [0.25, 0.3) is 10.9 Å². The van der Waals surface area contributed by atoms with E-state index in [-0.39, 0.29) is 0 Å². The Balaban J connectivity index is 2.78. The lowest BCUT2D eigenvalue weighted by molar-refractivity contribution is 1.39. The zero-order valence-corrected chi connectivity index (χ0v) is 8.33. The van der Waals surface area contributed by atoms with Gasteiger partial charge >= 0.3 is 0 Å². The lowest BCUT2D eigenvalue weighted by atomic mass is 10.1. The molecule has 14 heavy (non-hydrogen) atoms. The van der Waals surface area contributed by atoms with E-state index in [0.29, 0.717) is 0 Å². The van der Waals surface area contributed by atoms with E-state index in [1.165, 1.54) is 0 Å². The second-order valence-corrected chi connectivity index (χ2v) is 3.06. The maximum Gasteiger partial charge on any atom is 0.0953 e. The maximum absolute atomic E-state index is 4.36. The van der Waals surface area contributed by atoms with Crippen molar-refractivity contribution in [3.05, 3.63) is 30.5 Å². The van der Waals surface area contributed by atoms with Gasteiger partial charge in [-0.2, -0.15) is 0 Å². The van der Waals surface area contributed by atoms with Crippen LogP contribution in [0, 0.1) is 0 Å². The van der Waals surface area contributed by atoms with Gasteiger partial charge in [0.05, 0.1) is 11.2 Å². The van der Waals surface area contributed by atoms with Gasteiger partial charge in [-0.25, -0.2) is 0 Å². The minimum absolute atomic E-state index is 1.00. The summed E-state index contributed by atoms with van der Waals surface area (Å²) in [6.07, 6.45) is 1.81. The molecule has 0 aliphatic rings. The summed E-state index contributed by atoms with van der Waals surface area (Å²) in [5.41, 5.74) is 3.16. The number of aromatic nitrogens is 1. The fraction of sp³-hybridized carbons (Fsp3) is 0.182. The monoisotopic (exact) mass is 187 g/mol. The summed E-state index contributed by atoms with van der Waals surface area (Å²) in [5.74, 6) is 0. The first-order valence-electron chi connectivity index (χ1n) is 4.60. The summed E-state index contributed by atoms with van der Waals surface area (Å²) in [7, 11) is 3.82. The Labute approximate surface area is 83.2 Å². The molecule has 0 bridgehead atoms. The first-order chi connectivity index (χ1) is 6.86. The van der Waals surface area contributed by atoms with E-state index >= 15 is 0 Å². The highest BCUT2D eigenvalue weighted by Crippen LogP contribution is 2.27. The maximum atomic E-state index is 4.36. The Bertz CT molecular complexity index is 409. The molecule has 1 aromatic carbocycles. The number of fused-ring (bicyclic) bond motifs is 1. The zero-order valence-electron chi connectivity index (χ0n) is 8.33. The van der Waals surface area contributed by atoms with Crippen LogP contribution in [0.2, 0.25) is 0 Å². The van der Waals surface area contributed by atoms with Crippen molar-refractivity contribution in [2.75, 3.05) is 24.7 Å². The summed E-state index contributed by atoms with van der Waals surface area (Å²) in [4.78, 5) is 4.36. The van der Waals surface area contributed by atoms with Crippen LogP contribution < -0.4 is 10.6 Å². The van der Waals surface area contributed by atoms with Crippen molar-refractivity contribution in [3.8, 4) is 0 Å². The van der Waals surface area contributed by atoms with Gasteiger partial charge in [0.25, 0.3) is 0 Å². The smallest absolute Gasteiger partial charge is 0.0953 e. The van der Waals surface area contributed by atoms with Crippen molar-refractivity contribution in [1.82, 2.24) is 4.98 Å². The van der Waals surface area contributed by atoms with Crippen molar-refractivity contribution < 1.29 is 0 Å². The highest BCUT2D eigenvalue weighted by atomic mass is 14.9. The number of hydrogen-bond donors (Lipinski definition) is 2. The molecule has 0 radical (unpaired) electrons. The Morgan fingerprint density at radius 1 is 1.00 bits per heavy atom. The number of nitrogens with zero attached hydrogens (tertiary/aromatic N) is 1. The zero-order chi connectivity index (χ0) is 9.97. The fourth-order valence-electron chi connectivity index (χ4n) is 1.59. The summed E-state index contributed by atoms with van der Waals surface area (Å²) in [5, 5.41) is 7.43. The molecule has 3 nitrogen and oxygen atoms in total. The van der Waals surface area contributed by atoms with Crippen LogP contribution >= 0.6 is 0 Å². The minimum atomic E-state index is 1.00. The lowest BCUT2D eigenvalue weighted by Gasteiger charge is -2.09. The molecule has 0 aliphatic carbocycles. The summed E-state index contributed by atoms with van der Waals surface area (Å²) in [6.45, 7) is 0. The summed E-state index contributed by atoms with van der Waals surface area (Å²) >= 11 is 0. The molecule has 0 atom stereocenters. The van der Waals surface area contributed by atoms with Crippen molar-refractivity contribution in [1.29, 1.82) is 0 Å². The molecule has 3 heteroatoms. The number of anilines is 2. The van der Waals surface area contributed by atoms with Crippen LogP contribution in [0.4, 0.5) is 11.4 Å². The second kappa shape index (κ2) is 3.54. The van der Waals surface area contributed by atoms with E-state index in [2.05, 4.69) is 27.8 Å². The molecule has 2 N–H and O–H groups in total. The number of nitrogens with one attached hydrogen (secondary N) is 2. The van der Waals surface area contributed by atoms with E-state index < -0.39 is 0 Å². The molecule has 72 valence electrons. The van der Waals surface area contributed by atoms with Gasteiger partial charge in [0, 0.05) is 31.4 Å². The molecular formula is C11H13N3. The number of hydrogen-bond acceptors (Lipinski definition) is 3. The molecule has 2 aromatic rings. The molecule has 1 heterocycles. The lowest BCUT2D eigenvalue weighted by Crippen LogP contribution is -1.95. The molecule has 0 aliphatic heterocycles. The van der Waals surface area contributed by atoms with Crippen LogP contribution in [-0.2, 0) is 0 Å². The molecule has 0 fully saturated rings. The topological polar surface area (TPSA) is 37.0 Å². The van der Waals surface area contributed by atoms with E-state index in [4.69, 9.17) is 0 Å². The van der Waals surface area contributed by atoms with Gasteiger partial charge in [0.15, 0.2) is 0 Å². The standard InChI is InChI=1S/C11H13N3/c1-12-9-5-6-10(13-2)11-8(9)4-3-7-14-11/h3-7,12-13H,1-2H3. The Morgan fingerprint density at radius 3 is 2.43 bits per heavy atom. The van der Waals surface area contributed by atoms with Crippen LogP contribution in [0.1, 0.15) is 0 Å². The van der Waals surface area contributed by atoms with E-state index in [1.54, 1.807) is 0 Å². The average Bonchev–Trinajstić information content (AvgIpc) is 2.27. The van der Waals surface area contributed by atoms with Crippen LogP contribution in [0.15, 0.2) is 30.5 Å². The number of rotatable bonds is 2. The normalized spacial score (nSPS) is 10.1. The quantitative estimate of drug-likeness (QED) is 0.757. The molecule has 0 saturated heterocycles. The Kier molecular flexibility index (Phi) is 2.23. The van der Waals surface area contributed by atoms with Gasteiger partial charge in [-0.3, -0.25) is 4.98 Å². The van der Waals surface area contributed by atoms with Crippen molar-refractivity contribution in [2.45, 2.75) is 0 Å². The average molecular weight is 187 g/mol. The third-order valence-electron chi connectivity index (χ3n) is 2.31. The largest absolute Gasteiger partial charge is 0.388 e. The van der Waals surface area contributed by atoms with E-state index in [0.717, 1.165) is 22.3 Å². The molecular weight excluding hydrogens is 174 g/mol. The first kappa shape index (κ1) is 8.81. The van der Waals surface area contributed by atoms with Gasteiger partial charge in [0.1, 0.15) is 0 Å². The van der Waals surface area contributed by atoms with Gasteiger partial charge in [-0.15, -0.1) is 0 Å². The van der Waals surface area contributed by atoms with Crippen molar-refractivity contribution >= 4 is 22.3 Å². The summed E-state index contributed by atoms with van der Waals surface area (Å²) < 4.78 is 0. The van der Waals surface area contributed by atoms with Crippen LogP contribution in [0.3, 0.4) is 0 Å². The van der Waals surface area contributed by atoms with Crippen LogP contribution in [0.5, 0.6) is 0 Å². The predicted octanol–water partition coefficient (Wildman–Crippen LogP) is 2.32. The number of pyridine rings is 1. The Hall–Kier alpha value is -1.77. The van der Waals surface area contributed by atoms with Crippen LogP contribution in [-0.4, -0.2) is 19.1 Å². The van der Waals surface area contributed by atoms with Gasteiger partial charge < -0.3 is 10.6 Å². The third-order valence-corrected chi connectivity index (χ3v) is 2.31. The van der Waals surface area contributed by atoms with Crippen molar-refractivity contribution in [2.24, 2.45) is 0 Å². The number of benzene rings is 1. The first-order valence-corrected chi connectivity index (χ1v) is 4.60. The van der Waals surface area contributed by atoms with Gasteiger partial charge in [-0.05, 0) is 24.3 Å². The molecule has 0 saturated carbocycles. The summed E-state index contributed by atoms with van der Waals surface area (Å²) in [6, 6.07) is 8.09.